The van der Waals surface area contributed by atoms with E-state index in [1.807, 2.05) is 49.3 Å². The fourth-order valence-electron chi connectivity index (χ4n) is 2.76. The van der Waals surface area contributed by atoms with E-state index in [9.17, 15) is 10.5 Å². The van der Waals surface area contributed by atoms with Crippen LogP contribution < -0.4 is 4.90 Å². The second-order valence-electron chi connectivity index (χ2n) is 6.80. The molecular formula is C27H16N4. The average molecular weight is 396 g/mol. The lowest BCUT2D eigenvalue weighted by molar-refractivity contribution is 1.13. The number of benzene rings is 3. The Labute approximate surface area is 182 Å². The smallest absolute Gasteiger partial charge is 0.100 e. The molecule has 3 rings (SSSR count). The minimum atomic E-state index is 0.398. The summed E-state index contributed by atoms with van der Waals surface area (Å²) in [6.45, 7) is 0. The van der Waals surface area contributed by atoms with Crippen LogP contribution in [0.1, 0.15) is 38.9 Å². The van der Waals surface area contributed by atoms with Gasteiger partial charge in [-0.05, 0) is 60.7 Å². The van der Waals surface area contributed by atoms with Crippen molar-refractivity contribution in [3.63, 3.8) is 0 Å². The van der Waals surface area contributed by atoms with Crippen LogP contribution in [0.3, 0.4) is 0 Å². The summed E-state index contributed by atoms with van der Waals surface area (Å²) in [4.78, 5) is 2.01. The maximum atomic E-state index is 9.52. The van der Waals surface area contributed by atoms with E-state index in [0.717, 1.165) is 11.3 Å². The molecule has 3 aromatic carbocycles. The lowest BCUT2D eigenvalue weighted by Gasteiger charge is -2.11. The van der Waals surface area contributed by atoms with Crippen LogP contribution in [-0.4, -0.2) is 14.1 Å². The average Bonchev–Trinajstić information content (AvgIpc) is 2.81. The molecule has 0 amide bonds. The molecule has 144 valence electrons. The first-order valence-corrected chi connectivity index (χ1v) is 9.34. The summed E-state index contributed by atoms with van der Waals surface area (Å²) in [5.74, 6) is 12.0. The summed E-state index contributed by atoms with van der Waals surface area (Å²) in [6.07, 6.45) is 0. The van der Waals surface area contributed by atoms with E-state index >= 15 is 0 Å². The van der Waals surface area contributed by atoms with Gasteiger partial charge in [-0.15, -0.1) is 0 Å². The molecule has 31 heavy (non-hydrogen) atoms. The van der Waals surface area contributed by atoms with Crippen LogP contribution in [0.2, 0.25) is 0 Å². The van der Waals surface area contributed by atoms with Gasteiger partial charge >= 0.3 is 0 Å². The first-order chi connectivity index (χ1) is 15.0. The predicted molar refractivity (Wildman–Crippen MR) is 120 cm³/mol. The summed E-state index contributed by atoms with van der Waals surface area (Å²) in [6, 6.07) is 24.1. The number of nitriles is 3. The molecule has 0 bridgehead atoms. The fourth-order valence-corrected chi connectivity index (χ4v) is 2.76. The first-order valence-electron chi connectivity index (χ1n) is 9.34. The van der Waals surface area contributed by atoms with Gasteiger partial charge in [0.2, 0.25) is 0 Å². The third-order valence-corrected chi connectivity index (χ3v) is 4.48. The molecular weight excluding hydrogens is 380 g/mol. The summed E-state index contributed by atoms with van der Waals surface area (Å²) < 4.78 is 0. The van der Waals surface area contributed by atoms with Crippen molar-refractivity contribution in [2.45, 2.75) is 0 Å². The summed E-state index contributed by atoms with van der Waals surface area (Å²) in [5.41, 5.74) is 4.93. The molecule has 0 aliphatic rings. The molecule has 0 saturated carbocycles. The highest BCUT2D eigenvalue weighted by molar-refractivity contribution is 5.58. The van der Waals surface area contributed by atoms with Crippen LogP contribution in [0.5, 0.6) is 0 Å². The number of anilines is 1. The lowest BCUT2D eigenvalue weighted by Crippen LogP contribution is -2.07. The van der Waals surface area contributed by atoms with Gasteiger partial charge < -0.3 is 4.90 Å². The largest absolute Gasteiger partial charge is 0.378 e. The standard InChI is InChI=1S/C27H16N4/c1-31(2)27-13-7-20(8-14-27)3-9-23-10-4-21(15-26(23)19-30)5-11-24-16-22(17-28)6-12-25(24)18-29/h4,6-8,10,12-16H,1-2H3. The van der Waals surface area contributed by atoms with Crippen molar-refractivity contribution >= 4 is 5.69 Å². The van der Waals surface area contributed by atoms with E-state index in [-0.39, 0.29) is 0 Å². The molecule has 0 spiro atoms. The summed E-state index contributed by atoms with van der Waals surface area (Å²) >= 11 is 0. The quantitative estimate of drug-likeness (QED) is 0.579. The van der Waals surface area contributed by atoms with Gasteiger partial charge in [-0.2, -0.15) is 15.8 Å². The van der Waals surface area contributed by atoms with Gasteiger partial charge in [-0.25, -0.2) is 0 Å². The second-order valence-corrected chi connectivity index (χ2v) is 6.80. The molecule has 0 aliphatic heterocycles. The Morgan fingerprint density at radius 3 is 1.71 bits per heavy atom. The van der Waals surface area contributed by atoms with Crippen molar-refractivity contribution in [1.29, 1.82) is 15.8 Å². The van der Waals surface area contributed by atoms with Crippen molar-refractivity contribution in [3.8, 4) is 41.9 Å². The van der Waals surface area contributed by atoms with Gasteiger partial charge in [0, 0.05) is 42.0 Å². The number of hydrogen-bond acceptors (Lipinski definition) is 4. The first kappa shape index (κ1) is 20.8. The van der Waals surface area contributed by atoms with E-state index in [1.165, 1.54) is 0 Å². The Bertz CT molecular complexity index is 1390. The highest BCUT2D eigenvalue weighted by Crippen LogP contribution is 2.14. The molecule has 0 fully saturated rings. The van der Waals surface area contributed by atoms with Crippen LogP contribution in [0.25, 0.3) is 0 Å². The Morgan fingerprint density at radius 1 is 0.516 bits per heavy atom. The molecule has 0 radical (unpaired) electrons. The van der Waals surface area contributed by atoms with Crippen molar-refractivity contribution < 1.29 is 0 Å². The summed E-state index contributed by atoms with van der Waals surface area (Å²) in [7, 11) is 3.96. The number of rotatable bonds is 1. The van der Waals surface area contributed by atoms with Gasteiger partial charge in [-0.3, -0.25) is 0 Å². The van der Waals surface area contributed by atoms with Gasteiger partial charge in [0.25, 0.3) is 0 Å². The molecule has 0 saturated heterocycles. The predicted octanol–water partition coefficient (Wildman–Crippen LogP) is 4.17. The van der Waals surface area contributed by atoms with E-state index in [0.29, 0.717) is 33.4 Å². The van der Waals surface area contributed by atoms with E-state index in [4.69, 9.17) is 5.26 Å². The zero-order chi connectivity index (χ0) is 22.2. The van der Waals surface area contributed by atoms with E-state index in [2.05, 4.69) is 35.8 Å². The Kier molecular flexibility index (Phi) is 6.37. The molecule has 0 atom stereocenters. The Balaban J connectivity index is 1.90. The van der Waals surface area contributed by atoms with Crippen LogP contribution in [-0.2, 0) is 0 Å². The molecule has 4 heteroatoms. The molecule has 0 heterocycles. The zero-order valence-electron chi connectivity index (χ0n) is 17.1. The van der Waals surface area contributed by atoms with Gasteiger partial charge in [0.05, 0.1) is 22.8 Å². The van der Waals surface area contributed by atoms with Crippen molar-refractivity contribution in [2.75, 3.05) is 19.0 Å². The van der Waals surface area contributed by atoms with Crippen molar-refractivity contribution in [3.05, 3.63) is 99.6 Å². The molecule has 0 aliphatic carbocycles. The van der Waals surface area contributed by atoms with Gasteiger partial charge in [0.15, 0.2) is 0 Å². The minimum absolute atomic E-state index is 0.398. The van der Waals surface area contributed by atoms with Gasteiger partial charge in [0.1, 0.15) is 12.1 Å². The topological polar surface area (TPSA) is 74.6 Å². The monoisotopic (exact) mass is 396 g/mol. The molecule has 0 unspecified atom stereocenters. The second kappa shape index (κ2) is 9.50. The van der Waals surface area contributed by atoms with Crippen molar-refractivity contribution in [2.24, 2.45) is 0 Å². The molecule has 0 aromatic heterocycles. The molecule has 3 aromatic rings. The van der Waals surface area contributed by atoms with Crippen LogP contribution >= 0.6 is 0 Å². The van der Waals surface area contributed by atoms with Crippen LogP contribution in [0.4, 0.5) is 5.69 Å². The molecule has 0 N–H and O–H groups in total. The Hall–Kier alpha value is -4.95. The SMILES string of the molecule is CN(C)c1ccc(C#Cc2ccc(C#Cc3cc(C#N)ccc3C#N)cc2C#N)cc1. The van der Waals surface area contributed by atoms with Crippen molar-refractivity contribution in [1.82, 2.24) is 0 Å². The third-order valence-electron chi connectivity index (χ3n) is 4.48. The summed E-state index contributed by atoms with van der Waals surface area (Å²) in [5, 5.41) is 27.8. The fraction of sp³-hybridized carbons (Fsp3) is 0.0741. The maximum absolute atomic E-state index is 9.52. The maximum Gasteiger partial charge on any atom is 0.100 e. The van der Waals surface area contributed by atoms with Gasteiger partial charge in [-0.1, -0.05) is 23.7 Å². The number of nitrogens with zero attached hydrogens (tertiary/aromatic N) is 4. The lowest BCUT2D eigenvalue weighted by atomic mass is 10.0. The normalized spacial score (nSPS) is 9.00. The zero-order valence-corrected chi connectivity index (χ0v) is 17.1. The minimum Gasteiger partial charge on any atom is -0.378 e. The Morgan fingerprint density at radius 2 is 1.06 bits per heavy atom. The van der Waals surface area contributed by atoms with E-state index < -0.39 is 0 Å². The highest BCUT2D eigenvalue weighted by Gasteiger charge is 2.03. The third kappa shape index (κ3) is 5.11. The van der Waals surface area contributed by atoms with E-state index in [1.54, 1.807) is 36.4 Å². The molecule has 4 nitrogen and oxygen atoms in total. The number of hydrogen-bond donors (Lipinski definition) is 0. The van der Waals surface area contributed by atoms with Crippen LogP contribution in [0, 0.1) is 57.7 Å². The van der Waals surface area contributed by atoms with Crippen LogP contribution in [0.15, 0.2) is 60.7 Å². The highest BCUT2D eigenvalue weighted by atomic mass is 15.1.